The molecule has 0 spiro atoms. The van der Waals surface area contributed by atoms with E-state index in [1.54, 1.807) is 23.1 Å². The lowest BCUT2D eigenvalue weighted by atomic mass is 9.96. The average Bonchev–Trinajstić information content (AvgIpc) is 3.73. The number of carboxylic acid groups (broad SMARTS) is 1. The number of hydrogen-bond acceptors (Lipinski definition) is 5. The third-order valence-electron chi connectivity index (χ3n) is 7.20. The Balaban J connectivity index is 1.54. The van der Waals surface area contributed by atoms with Crippen molar-refractivity contribution in [3.63, 3.8) is 0 Å². The highest BCUT2D eigenvalue weighted by Crippen LogP contribution is 2.44. The van der Waals surface area contributed by atoms with Gasteiger partial charge in [0.1, 0.15) is 11.3 Å². The average molecular weight is 562 g/mol. The Morgan fingerprint density at radius 3 is 2.47 bits per heavy atom. The molecule has 2 aromatic carbocycles. The summed E-state index contributed by atoms with van der Waals surface area (Å²) in [6, 6.07) is 6.11. The van der Waals surface area contributed by atoms with Crippen LogP contribution in [-0.4, -0.2) is 41.7 Å². The van der Waals surface area contributed by atoms with Crippen molar-refractivity contribution < 1.29 is 23.8 Å². The molecule has 1 aliphatic carbocycles. The maximum absolute atomic E-state index is 15.6. The van der Waals surface area contributed by atoms with Crippen LogP contribution in [0.1, 0.15) is 47.6 Å². The molecule has 2 fully saturated rings. The minimum Gasteiger partial charge on any atom is -0.492 e. The summed E-state index contributed by atoms with van der Waals surface area (Å²) in [7, 11) is 1.42. The van der Waals surface area contributed by atoms with Crippen LogP contribution in [0.2, 0.25) is 10.0 Å². The fourth-order valence-electron chi connectivity index (χ4n) is 5.02. The first-order chi connectivity index (χ1) is 18.2. The maximum atomic E-state index is 15.6. The normalized spacial score (nSPS) is 16.1. The van der Waals surface area contributed by atoms with E-state index in [4.69, 9.17) is 27.9 Å². The third-order valence-corrected chi connectivity index (χ3v) is 7.79. The molecule has 5 rings (SSSR count). The molecule has 11 heteroatoms. The highest BCUT2D eigenvalue weighted by atomic mass is 35.5. The molecule has 1 aromatic heterocycles. The number of carbonyl (C=O) groups excluding carboxylic acids is 1. The summed E-state index contributed by atoms with van der Waals surface area (Å²) >= 11 is 12.1. The van der Waals surface area contributed by atoms with E-state index in [-0.39, 0.29) is 35.0 Å². The number of halogens is 3. The van der Waals surface area contributed by atoms with E-state index in [0.717, 1.165) is 18.9 Å². The lowest BCUT2D eigenvalue weighted by molar-refractivity contribution is -0.142. The van der Waals surface area contributed by atoms with Crippen LogP contribution in [0.4, 0.5) is 10.1 Å². The molecular weight excluding hydrogens is 536 g/mol. The maximum Gasteiger partial charge on any atom is 0.306 e. The Bertz CT molecular complexity index is 1500. The minimum atomic E-state index is -0.859. The molecule has 200 valence electrons. The molecule has 2 aliphatic rings. The van der Waals surface area contributed by atoms with Gasteiger partial charge in [-0.3, -0.25) is 14.4 Å². The van der Waals surface area contributed by atoms with Crippen LogP contribution in [0.25, 0.3) is 10.9 Å². The summed E-state index contributed by atoms with van der Waals surface area (Å²) in [6.45, 7) is 0.771. The fraction of sp³-hybridized carbons (Fsp3) is 0.370. The number of rotatable bonds is 7. The predicted molar refractivity (Wildman–Crippen MR) is 143 cm³/mol. The number of nitrogens with zero attached hydrogens (tertiary/aromatic N) is 2. The van der Waals surface area contributed by atoms with Crippen molar-refractivity contribution in [2.24, 2.45) is 5.92 Å². The number of ether oxygens (including phenoxy) is 1. The van der Waals surface area contributed by atoms with Gasteiger partial charge < -0.3 is 24.6 Å². The number of hydrogen-bond donors (Lipinski definition) is 2. The van der Waals surface area contributed by atoms with Crippen molar-refractivity contribution in [2.75, 3.05) is 25.1 Å². The van der Waals surface area contributed by atoms with Crippen LogP contribution in [0.3, 0.4) is 0 Å². The van der Waals surface area contributed by atoms with Gasteiger partial charge in [0.15, 0.2) is 11.6 Å². The van der Waals surface area contributed by atoms with E-state index in [9.17, 15) is 19.5 Å². The lowest BCUT2D eigenvalue weighted by Crippen LogP contribution is -2.37. The fourth-order valence-corrected chi connectivity index (χ4v) is 5.49. The van der Waals surface area contributed by atoms with Crippen molar-refractivity contribution in [3.05, 3.63) is 67.7 Å². The first-order valence-electron chi connectivity index (χ1n) is 12.3. The molecule has 0 radical (unpaired) electrons. The second-order valence-electron chi connectivity index (χ2n) is 9.66. The van der Waals surface area contributed by atoms with E-state index in [1.807, 2.05) is 4.57 Å². The smallest absolute Gasteiger partial charge is 0.306 e. The minimum absolute atomic E-state index is 0.0420. The van der Waals surface area contributed by atoms with E-state index in [0.29, 0.717) is 47.1 Å². The van der Waals surface area contributed by atoms with E-state index >= 15 is 4.39 Å². The molecule has 0 unspecified atom stereocenters. The van der Waals surface area contributed by atoms with Crippen LogP contribution in [0, 0.1) is 11.7 Å². The highest BCUT2D eigenvalue weighted by molar-refractivity contribution is 6.35. The van der Waals surface area contributed by atoms with Gasteiger partial charge in [0.25, 0.3) is 5.91 Å². The SMILES string of the molecule is COc1c(N2CCC(C(=O)O)CC2)c(F)cc2c(=O)c(C(=O)NCc3ccc(Cl)cc3Cl)cn(C3CC3)c12. The summed E-state index contributed by atoms with van der Waals surface area (Å²) in [5, 5.41) is 13.0. The van der Waals surface area contributed by atoms with E-state index in [1.165, 1.54) is 13.3 Å². The molecule has 2 N–H and O–H groups in total. The summed E-state index contributed by atoms with van der Waals surface area (Å²) in [5.41, 5.74) is 0.550. The molecule has 1 saturated heterocycles. The van der Waals surface area contributed by atoms with Crippen LogP contribution >= 0.6 is 23.2 Å². The van der Waals surface area contributed by atoms with Crippen LogP contribution in [-0.2, 0) is 11.3 Å². The van der Waals surface area contributed by atoms with E-state index < -0.39 is 29.0 Å². The molecule has 1 aliphatic heterocycles. The number of aliphatic carboxylic acids is 1. The molecule has 0 bridgehead atoms. The molecule has 0 atom stereocenters. The van der Waals surface area contributed by atoms with Crippen LogP contribution in [0.5, 0.6) is 5.75 Å². The molecule has 8 nitrogen and oxygen atoms in total. The monoisotopic (exact) mass is 561 g/mol. The Labute approximate surface area is 227 Å². The summed E-state index contributed by atoms with van der Waals surface area (Å²) in [5.74, 6) is -2.39. The van der Waals surface area contributed by atoms with Gasteiger partial charge in [-0.1, -0.05) is 29.3 Å². The van der Waals surface area contributed by atoms with Gasteiger partial charge in [-0.2, -0.15) is 0 Å². The number of aromatic nitrogens is 1. The molecule has 1 amide bonds. The van der Waals surface area contributed by atoms with Crippen LogP contribution in [0.15, 0.2) is 35.3 Å². The van der Waals surface area contributed by atoms with Crippen molar-refractivity contribution in [1.29, 1.82) is 0 Å². The molecule has 3 aromatic rings. The van der Waals surface area contributed by atoms with Gasteiger partial charge in [-0.25, -0.2) is 4.39 Å². The number of piperidine rings is 1. The van der Waals surface area contributed by atoms with Gasteiger partial charge in [0.2, 0.25) is 5.43 Å². The summed E-state index contributed by atoms with van der Waals surface area (Å²) in [6.07, 6.45) is 3.96. The lowest BCUT2D eigenvalue weighted by Gasteiger charge is -2.33. The second kappa shape index (κ2) is 10.5. The standard InChI is InChI=1S/C27H26Cl2FN3O5/c1-38-25-22-18(11-21(30)23(25)32-8-6-14(7-9-32)27(36)37)24(34)19(13-33(22)17-4-5-17)26(35)31-12-15-2-3-16(28)10-20(15)29/h2-3,10-11,13-14,17H,4-9,12H2,1H3,(H,31,35)(H,36,37). The molecule has 38 heavy (non-hydrogen) atoms. The number of carboxylic acids is 1. The number of methoxy groups -OCH3 is 1. The van der Waals surface area contributed by atoms with Gasteiger partial charge in [0, 0.05) is 41.9 Å². The van der Waals surface area contributed by atoms with Gasteiger partial charge >= 0.3 is 5.97 Å². The first kappa shape index (κ1) is 26.3. The second-order valence-corrected chi connectivity index (χ2v) is 10.5. The van der Waals surface area contributed by atoms with Gasteiger partial charge in [-0.15, -0.1) is 0 Å². The number of carbonyl (C=O) groups is 2. The number of benzene rings is 2. The molecule has 2 heterocycles. The number of nitrogens with one attached hydrogen (secondary N) is 1. The number of amides is 1. The van der Waals surface area contributed by atoms with Crippen molar-refractivity contribution in [1.82, 2.24) is 9.88 Å². The Morgan fingerprint density at radius 1 is 1.16 bits per heavy atom. The van der Waals surface area contributed by atoms with Crippen LogP contribution < -0.4 is 20.4 Å². The number of pyridine rings is 1. The Morgan fingerprint density at radius 2 is 1.87 bits per heavy atom. The van der Waals surface area contributed by atoms with Crippen molar-refractivity contribution in [2.45, 2.75) is 38.3 Å². The van der Waals surface area contributed by atoms with E-state index in [2.05, 4.69) is 5.32 Å². The molecule has 1 saturated carbocycles. The largest absolute Gasteiger partial charge is 0.492 e. The Hall–Kier alpha value is -3.30. The first-order valence-corrected chi connectivity index (χ1v) is 13.1. The zero-order chi connectivity index (χ0) is 27.1. The van der Waals surface area contributed by atoms with Gasteiger partial charge in [0.05, 0.1) is 23.9 Å². The topological polar surface area (TPSA) is 101 Å². The molecular formula is C27H26Cl2FN3O5. The predicted octanol–water partition coefficient (Wildman–Crippen LogP) is 5.02. The zero-order valence-corrected chi connectivity index (χ0v) is 22.1. The summed E-state index contributed by atoms with van der Waals surface area (Å²) in [4.78, 5) is 39.8. The zero-order valence-electron chi connectivity index (χ0n) is 20.6. The highest BCUT2D eigenvalue weighted by Gasteiger charge is 2.33. The number of fused-ring (bicyclic) bond motifs is 1. The number of anilines is 1. The van der Waals surface area contributed by atoms with Crippen molar-refractivity contribution in [3.8, 4) is 5.75 Å². The Kier molecular flexibility index (Phi) is 7.24. The quantitative estimate of drug-likeness (QED) is 0.420. The van der Waals surface area contributed by atoms with Gasteiger partial charge in [-0.05, 0) is 49.4 Å². The van der Waals surface area contributed by atoms with Crippen molar-refractivity contribution >= 4 is 51.7 Å². The summed E-state index contributed by atoms with van der Waals surface area (Å²) < 4.78 is 23.1. The third kappa shape index (κ3) is 4.92.